The standard InChI is InChI=1S/C14H20FNO2/c1-13(2,15)9-7-11(17-3)12(18-4)8-10(9)14(16)5-6-14/h7-8H,5-6,16H2,1-4H3. The quantitative estimate of drug-likeness (QED) is 0.897. The van der Waals surface area contributed by atoms with Crippen molar-refractivity contribution < 1.29 is 13.9 Å². The molecule has 1 aliphatic rings. The highest BCUT2D eigenvalue weighted by Crippen LogP contribution is 2.49. The van der Waals surface area contributed by atoms with Crippen molar-refractivity contribution in [3.8, 4) is 11.5 Å². The van der Waals surface area contributed by atoms with E-state index >= 15 is 0 Å². The van der Waals surface area contributed by atoms with Crippen LogP contribution in [0, 0.1) is 0 Å². The number of hydrogen-bond acceptors (Lipinski definition) is 3. The first-order valence-corrected chi connectivity index (χ1v) is 6.06. The van der Waals surface area contributed by atoms with Crippen molar-refractivity contribution in [3.05, 3.63) is 23.3 Å². The Kier molecular flexibility index (Phi) is 3.01. The monoisotopic (exact) mass is 253 g/mol. The zero-order chi connectivity index (χ0) is 13.6. The maximum absolute atomic E-state index is 14.3. The van der Waals surface area contributed by atoms with Crippen molar-refractivity contribution in [2.75, 3.05) is 14.2 Å². The molecule has 0 aliphatic heterocycles. The largest absolute Gasteiger partial charge is 0.493 e. The highest BCUT2D eigenvalue weighted by molar-refractivity contribution is 5.52. The van der Waals surface area contributed by atoms with Crippen molar-refractivity contribution in [2.45, 2.75) is 37.9 Å². The maximum Gasteiger partial charge on any atom is 0.161 e. The number of benzene rings is 1. The number of nitrogens with two attached hydrogens (primary N) is 1. The fraction of sp³-hybridized carbons (Fsp3) is 0.571. The lowest BCUT2D eigenvalue weighted by atomic mass is 9.89. The average Bonchev–Trinajstić information content (AvgIpc) is 3.05. The fourth-order valence-electron chi connectivity index (χ4n) is 2.19. The lowest BCUT2D eigenvalue weighted by molar-refractivity contribution is 0.217. The lowest BCUT2D eigenvalue weighted by Crippen LogP contribution is -2.25. The Hall–Kier alpha value is -1.29. The minimum Gasteiger partial charge on any atom is -0.493 e. The third kappa shape index (κ3) is 2.17. The Morgan fingerprint density at radius 2 is 1.67 bits per heavy atom. The van der Waals surface area contributed by atoms with E-state index in [2.05, 4.69) is 0 Å². The van der Waals surface area contributed by atoms with Crippen molar-refractivity contribution >= 4 is 0 Å². The molecule has 1 aromatic rings. The molecule has 1 aliphatic carbocycles. The van der Waals surface area contributed by atoms with Gasteiger partial charge in [0.1, 0.15) is 5.67 Å². The second-order valence-electron chi connectivity index (χ2n) is 5.38. The number of rotatable bonds is 4. The molecule has 0 saturated heterocycles. The first-order chi connectivity index (χ1) is 8.31. The fourth-order valence-corrected chi connectivity index (χ4v) is 2.19. The van der Waals surface area contributed by atoms with Gasteiger partial charge in [0.15, 0.2) is 11.5 Å². The molecule has 0 heterocycles. The van der Waals surface area contributed by atoms with Crippen LogP contribution in [0.15, 0.2) is 12.1 Å². The van der Waals surface area contributed by atoms with E-state index in [0.717, 1.165) is 18.4 Å². The minimum absolute atomic E-state index is 0.405. The highest BCUT2D eigenvalue weighted by atomic mass is 19.1. The van der Waals surface area contributed by atoms with Gasteiger partial charge >= 0.3 is 0 Å². The maximum atomic E-state index is 14.3. The zero-order valence-electron chi connectivity index (χ0n) is 11.3. The molecule has 1 aromatic carbocycles. The van der Waals surface area contributed by atoms with Crippen LogP contribution in [-0.4, -0.2) is 14.2 Å². The third-order valence-corrected chi connectivity index (χ3v) is 3.49. The molecular formula is C14H20FNO2. The summed E-state index contributed by atoms with van der Waals surface area (Å²) >= 11 is 0. The molecule has 0 amide bonds. The Labute approximate surface area is 107 Å². The summed E-state index contributed by atoms with van der Waals surface area (Å²) in [7, 11) is 3.11. The van der Waals surface area contributed by atoms with Crippen LogP contribution in [-0.2, 0) is 11.2 Å². The number of hydrogen-bond donors (Lipinski definition) is 1. The molecule has 3 nitrogen and oxygen atoms in total. The predicted molar refractivity (Wildman–Crippen MR) is 68.8 cm³/mol. The normalized spacial score (nSPS) is 17.4. The van der Waals surface area contributed by atoms with Gasteiger partial charge in [0, 0.05) is 5.54 Å². The molecule has 1 fully saturated rings. The van der Waals surface area contributed by atoms with Crippen LogP contribution < -0.4 is 15.2 Å². The van der Waals surface area contributed by atoms with Gasteiger partial charge in [-0.3, -0.25) is 0 Å². The van der Waals surface area contributed by atoms with Crippen LogP contribution in [0.2, 0.25) is 0 Å². The van der Waals surface area contributed by atoms with Crippen LogP contribution in [0.4, 0.5) is 4.39 Å². The van der Waals surface area contributed by atoms with Crippen LogP contribution >= 0.6 is 0 Å². The molecule has 100 valence electrons. The van der Waals surface area contributed by atoms with Crippen LogP contribution in [0.25, 0.3) is 0 Å². The van der Waals surface area contributed by atoms with E-state index in [9.17, 15) is 4.39 Å². The van der Waals surface area contributed by atoms with Crippen molar-refractivity contribution in [1.82, 2.24) is 0 Å². The second-order valence-corrected chi connectivity index (χ2v) is 5.38. The number of alkyl halides is 1. The summed E-state index contributed by atoms with van der Waals surface area (Å²) in [6.45, 7) is 3.06. The molecule has 0 bridgehead atoms. The molecule has 0 radical (unpaired) electrons. The van der Waals surface area contributed by atoms with E-state index in [0.29, 0.717) is 17.1 Å². The van der Waals surface area contributed by atoms with Crippen LogP contribution in [0.1, 0.15) is 37.8 Å². The third-order valence-electron chi connectivity index (χ3n) is 3.49. The number of ether oxygens (including phenoxy) is 2. The van der Waals surface area contributed by atoms with Gasteiger partial charge in [0.2, 0.25) is 0 Å². The highest BCUT2D eigenvalue weighted by Gasteiger charge is 2.44. The van der Waals surface area contributed by atoms with Gasteiger partial charge < -0.3 is 15.2 Å². The Morgan fingerprint density at radius 3 is 2.06 bits per heavy atom. The molecule has 1 saturated carbocycles. The summed E-state index contributed by atoms with van der Waals surface area (Å²) in [5.41, 5.74) is 5.77. The Bertz CT molecular complexity index is 429. The summed E-state index contributed by atoms with van der Waals surface area (Å²) in [5, 5.41) is 0. The Balaban J connectivity index is 2.62. The molecule has 2 N–H and O–H groups in total. The van der Waals surface area contributed by atoms with Gasteiger partial charge in [0.25, 0.3) is 0 Å². The minimum atomic E-state index is -1.45. The molecule has 2 rings (SSSR count). The number of halogens is 1. The van der Waals surface area contributed by atoms with E-state index in [1.165, 1.54) is 13.8 Å². The molecule has 4 heteroatoms. The molecule has 18 heavy (non-hydrogen) atoms. The van der Waals surface area contributed by atoms with E-state index in [1.54, 1.807) is 20.3 Å². The molecule has 0 unspecified atom stereocenters. The average molecular weight is 253 g/mol. The van der Waals surface area contributed by atoms with Crippen LogP contribution in [0.5, 0.6) is 11.5 Å². The first kappa shape index (κ1) is 13.1. The molecule has 0 aromatic heterocycles. The van der Waals surface area contributed by atoms with E-state index in [-0.39, 0.29) is 0 Å². The first-order valence-electron chi connectivity index (χ1n) is 6.06. The van der Waals surface area contributed by atoms with Crippen molar-refractivity contribution in [1.29, 1.82) is 0 Å². The predicted octanol–water partition coefficient (Wildman–Crippen LogP) is 2.86. The second kappa shape index (κ2) is 4.12. The van der Waals surface area contributed by atoms with Gasteiger partial charge in [-0.25, -0.2) is 4.39 Å². The molecule has 0 atom stereocenters. The zero-order valence-corrected chi connectivity index (χ0v) is 11.3. The smallest absolute Gasteiger partial charge is 0.161 e. The molecular weight excluding hydrogens is 233 g/mol. The van der Waals surface area contributed by atoms with Gasteiger partial charge in [-0.1, -0.05) is 0 Å². The van der Waals surface area contributed by atoms with E-state index in [1.807, 2.05) is 6.07 Å². The number of methoxy groups -OCH3 is 2. The van der Waals surface area contributed by atoms with Gasteiger partial charge in [0.05, 0.1) is 14.2 Å². The van der Waals surface area contributed by atoms with Crippen molar-refractivity contribution in [2.24, 2.45) is 5.73 Å². The Morgan fingerprint density at radius 1 is 1.17 bits per heavy atom. The molecule has 0 spiro atoms. The summed E-state index contributed by atoms with van der Waals surface area (Å²) in [6.07, 6.45) is 1.76. The summed E-state index contributed by atoms with van der Waals surface area (Å²) in [6, 6.07) is 3.50. The summed E-state index contributed by atoms with van der Waals surface area (Å²) in [5.74, 6) is 1.13. The van der Waals surface area contributed by atoms with Crippen LogP contribution in [0.3, 0.4) is 0 Å². The lowest BCUT2D eigenvalue weighted by Gasteiger charge is -2.24. The van der Waals surface area contributed by atoms with E-state index < -0.39 is 11.2 Å². The van der Waals surface area contributed by atoms with Gasteiger partial charge in [-0.2, -0.15) is 0 Å². The topological polar surface area (TPSA) is 44.5 Å². The van der Waals surface area contributed by atoms with Crippen molar-refractivity contribution in [3.63, 3.8) is 0 Å². The summed E-state index contributed by atoms with van der Waals surface area (Å²) < 4.78 is 24.8. The SMILES string of the molecule is COc1cc(C(C)(C)F)c(C2(N)CC2)cc1OC. The van der Waals surface area contributed by atoms with E-state index in [4.69, 9.17) is 15.2 Å². The van der Waals surface area contributed by atoms with Gasteiger partial charge in [-0.05, 0) is 49.9 Å². The van der Waals surface area contributed by atoms with Gasteiger partial charge in [-0.15, -0.1) is 0 Å². The summed E-state index contributed by atoms with van der Waals surface area (Å²) in [4.78, 5) is 0.